The molecule has 0 radical (unpaired) electrons. The third kappa shape index (κ3) is 2.17. The zero-order valence-corrected chi connectivity index (χ0v) is 17.5. The van der Waals surface area contributed by atoms with Crippen LogP contribution in [-0.2, 0) is 14.3 Å². The van der Waals surface area contributed by atoms with Gasteiger partial charge in [-0.15, -0.1) is 0 Å². The summed E-state index contributed by atoms with van der Waals surface area (Å²) < 4.78 is 11.7. The highest BCUT2D eigenvalue weighted by atomic mass is 16.6. The van der Waals surface area contributed by atoms with Gasteiger partial charge >= 0.3 is 5.97 Å². The Morgan fingerprint density at radius 3 is 2.75 bits per heavy atom. The normalized spacial score (nSPS) is 51.9. The Kier molecular flexibility index (Phi) is 3.89. The van der Waals surface area contributed by atoms with Crippen LogP contribution in [0.15, 0.2) is 16.8 Å². The van der Waals surface area contributed by atoms with Crippen LogP contribution in [0.5, 0.6) is 0 Å². The summed E-state index contributed by atoms with van der Waals surface area (Å²) in [6.45, 7) is 8.29. The first kappa shape index (κ1) is 18.7. The summed E-state index contributed by atoms with van der Waals surface area (Å²) in [5.41, 5.74) is 2.28. The number of ether oxygens (including phenoxy) is 2. The number of carbonyl (C=O) groups is 1. The molecule has 8 atom stereocenters. The van der Waals surface area contributed by atoms with Gasteiger partial charge in [-0.05, 0) is 68.6 Å². The van der Waals surface area contributed by atoms with E-state index in [4.69, 9.17) is 9.47 Å². The second kappa shape index (κ2) is 5.84. The molecule has 0 aromatic rings. The number of nitrogens with zero attached hydrogens (tertiary/aromatic N) is 1. The molecule has 5 aliphatic rings. The van der Waals surface area contributed by atoms with Crippen molar-refractivity contribution in [2.75, 3.05) is 0 Å². The van der Waals surface area contributed by atoms with E-state index in [9.17, 15) is 10.0 Å². The monoisotopic (exact) mass is 387 g/mol. The van der Waals surface area contributed by atoms with Crippen LogP contribution in [0.1, 0.15) is 72.6 Å². The van der Waals surface area contributed by atoms with Gasteiger partial charge in [0, 0.05) is 18.8 Å². The van der Waals surface area contributed by atoms with E-state index in [1.54, 1.807) is 0 Å². The molecule has 1 saturated heterocycles. The van der Waals surface area contributed by atoms with Gasteiger partial charge in [-0.1, -0.05) is 30.7 Å². The molecule has 0 aromatic carbocycles. The Balaban J connectivity index is 1.43. The molecule has 1 N–H and O–H groups in total. The second-order valence-corrected chi connectivity index (χ2v) is 10.5. The van der Waals surface area contributed by atoms with Crippen molar-refractivity contribution in [3.8, 4) is 0 Å². The van der Waals surface area contributed by atoms with E-state index in [1.165, 1.54) is 18.9 Å². The zero-order valence-electron chi connectivity index (χ0n) is 17.5. The fourth-order valence-electron chi connectivity index (χ4n) is 8.12. The van der Waals surface area contributed by atoms with Gasteiger partial charge in [-0.3, -0.25) is 4.79 Å². The molecular formula is C23H33NO4. The van der Waals surface area contributed by atoms with E-state index < -0.39 is 0 Å². The Labute approximate surface area is 167 Å². The standard InChI is InChI=1S/C23H33NO4/c1-13(24-26)23-20(28-23)12-19-17-6-5-15-11-16(27-14(2)25)7-9-21(15,3)18(17)8-10-22(19,23)4/h5,16-20,26H,6-12H2,1-4H3/b24-13-/t16-,17+,18-,19-,20-,21-,22-,23-/m0/s1. The molecular weight excluding hydrogens is 354 g/mol. The van der Waals surface area contributed by atoms with E-state index in [-0.39, 0.29) is 34.6 Å². The lowest BCUT2D eigenvalue weighted by Crippen LogP contribution is -2.54. The third-order valence-corrected chi connectivity index (χ3v) is 9.51. The van der Waals surface area contributed by atoms with Crippen LogP contribution < -0.4 is 0 Å². The molecule has 28 heavy (non-hydrogen) atoms. The van der Waals surface area contributed by atoms with Crippen molar-refractivity contribution < 1.29 is 19.5 Å². The average Bonchev–Trinajstić information content (AvgIpc) is 3.33. The number of oxime groups is 1. The summed E-state index contributed by atoms with van der Waals surface area (Å²) in [5, 5.41) is 13.0. The predicted octanol–water partition coefficient (Wildman–Crippen LogP) is 4.48. The van der Waals surface area contributed by atoms with E-state index in [1.807, 2.05) is 6.92 Å². The zero-order chi connectivity index (χ0) is 19.9. The minimum atomic E-state index is -0.324. The molecule has 154 valence electrons. The quantitative estimate of drug-likeness (QED) is 0.189. The first-order chi connectivity index (χ1) is 13.3. The Morgan fingerprint density at radius 2 is 2.04 bits per heavy atom. The maximum atomic E-state index is 11.4. The fraction of sp³-hybridized carbons (Fsp3) is 0.826. The molecule has 0 spiro atoms. The molecule has 0 amide bonds. The number of fused-ring (bicyclic) bond motifs is 7. The largest absolute Gasteiger partial charge is 0.462 e. The van der Waals surface area contributed by atoms with E-state index >= 15 is 0 Å². The maximum Gasteiger partial charge on any atom is 0.302 e. The van der Waals surface area contributed by atoms with Gasteiger partial charge < -0.3 is 14.7 Å². The first-order valence-electron chi connectivity index (χ1n) is 11.0. The van der Waals surface area contributed by atoms with Crippen LogP contribution >= 0.6 is 0 Å². The van der Waals surface area contributed by atoms with Crippen molar-refractivity contribution in [1.29, 1.82) is 0 Å². The van der Waals surface area contributed by atoms with Gasteiger partial charge in [0.2, 0.25) is 0 Å². The minimum absolute atomic E-state index is 0.0569. The lowest BCUT2D eigenvalue weighted by atomic mass is 9.47. The summed E-state index contributed by atoms with van der Waals surface area (Å²) in [5.74, 6) is 1.84. The van der Waals surface area contributed by atoms with Crippen LogP contribution in [0.3, 0.4) is 0 Å². The van der Waals surface area contributed by atoms with E-state index in [0.29, 0.717) is 17.8 Å². The highest BCUT2D eigenvalue weighted by molar-refractivity contribution is 5.94. The summed E-state index contributed by atoms with van der Waals surface area (Å²) in [4.78, 5) is 11.4. The average molecular weight is 388 g/mol. The van der Waals surface area contributed by atoms with Gasteiger partial charge in [0.25, 0.3) is 0 Å². The highest BCUT2D eigenvalue weighted by Gasteiger charge is 2.78. The summed E-state index contributed by atoms with van der Waals surface area (Å²) in [6.07, 6.45) is 10.3. The third-order valence-electron chi connectivity index (χ3n) is 9.51. The van der Waals surface area contributed by atoms with Crippen LogP contribution in [0.25, 0.3) is 0 Å². The Bertz CT molecular complexity index is 775. The van der Waals surface area contributed by atoms with Crippen molar-refractivity contribution in [2.45, 2.75) is 90.4 Å². The second-order valence-electron chi connectivity index (χ2n) is 10.5. The van der Waals surface area contributed by atoms with Crippen LogP contribution in [0, 0.1) is 28.6 Å². The lowest BCUT2D eigenvalue weighted by molar-refractivity contribution is -0.148. The molecule has 4 aliphatic carbocycles. The predicted molar refractivity (Wildman–Crippen MR) is 105 cm³/mol. The molecule has 3 saturated carbocycles. The molecule has 5 rings (SSSR count). The number of esters is 1. The number of epoxide rings is 1. The van der Waals surface area contributed by atoms with Crippen molar-refractivity contribution >= 4 is 11.7 Å². The number of carbonyl (C=O) groups excluding carboxylic acids is 1. The Morgan fingerprint density at radius 1 is 1.25 bits per heavy atom. The molecule has 0 aromatic heterocycles. The topological polar surface area (TPSA) is 71.4 Å². The minimum Gasteiger partial charge on any atom is -0.462 e. The van der Waals surface area contributed by atoms with Gasteiger partial charge in [-0.25, -0.2) is 0 Å². The molecule has 5 nitrogen and oxygen atoms in total. The SMILES string of the molecule is CC(=O)O[C@H]1CC[C@@]2(C)C(=CC[C@@H]3[C@@H]2CC[C@@]2(C)[C@H]3C[C@@H]3O[C@@]32/C(C)=N\O)C1. The molecule has 0 bridgehead atoms. The number of rotatable bonds is 2. The van der Waals surface area contributed by atoms with E-state index in [0.717, 1.165) is 44.2 Å². The van der Waals surface area contributed by atoms with Gasteiger partial charge in [0.1, 0.15) is 11.7 Å². The number of allylic oxidation sites excluding steroid dienone is 1. The van der Waals surface area contributed by atoms with Crippen molar-refractivity contribution in [3.63, 3.8) is 0 Å². The highest BCUT2D eigenvalue weighted by Crippen LogP contribution is 2.73. The molecule has 1 heterocycles. The molecule has 5 heteroatoms. The van der Waals surface area contributed by atoms with E-state index in [2.05, 4.69) is 25.1 Å². The van der Waals surface area contributed by atoms with Crippen molar-refractivity contribution in [1.82, 2.24) is 0 Å². The first-order valence-corrected chi connectivity index (χ1v) is 11.0. The van der Waals surface area contributed by atoms with Crippen LogP contribution in [0.4, 0.5) is 0 Å². The molecule has 1 aliphatic heterocycles. The van der Waals surface area contributed by atoms with Crippen molar-refractivity contribution in [2.24, 2.45) is 33.7 Å². The maximum absolute atomic E-state index is 11.4. The van der Waals surface area contributed by atoms with Crippen molar-refractivity contribution in [3.05, 3.63) is 11.6 Å². The molecule has 0 unspecified atom stereocenters. The fourth-order valence-corrected chi connectivity index (χ4v) is 8.12. The van der Waals surface area contributed by atoms with Gasteiger partial charge in [0.15, 0.2) is 0 Å². The van der Waals surface area contributed by atoms with Gasteiger partial charge in [-0.2, -0.15) is 0 Å². The lowest BCUT2D eigenvalue weighted by Gasteiger charge is -2.58. The summed E-state index contributed by atoms with van der Waals surface area (Å²) >= 11 is 0. The number of hydrogen-bond acceptors (Lipinski definition) is 5. The summed E-state index contributed by atoms with van der Waals surface area (Å²) in [7, 11) is 0. The van der Waals surface area contributed by atoms with Gasteiger partial charge in [0.05, 0.1) is 11.8 Å². The van der Waals surface area contributed by atoms with Crippen LogP contribution in [0.2, 0.25) is 0 Å². The summed E-state index contributed by atoms with van der Waals surface area (Å²) in [6, 6.07) is 0. The Hall–Kier alpha value is -1.36. The molecule has 4 fully saturated rings. The smallest absolute Gasteiger partial charge is 0.302 e. The van der Waals surface area contributed by atoms with Crippen LogP contribution in [-0.4, -0.2) is 34.7 Å². The number of hydrogen-bond donors (Lipinski definition) is 1.